The second-order valence-electron chi connectivity index (χ2n) is 5.97. The Morgan fingerprint density at radius 1 is 1.38 bits per heavy atom. The molecule has 1 aromatic carbocycles. The predicted octanol–water partition coefficient (Wildman–Crippen LogP) is 2.46. The van der Waals surface area contributed by atoms with Gasteiger partial charge in [-0.3, -0.25) is 0 Å². The number of aliphatic hydroxyl groups is 1. The highest BCUT2D eigenvalue weighted by molar-refractivity contribution is 6.26. The summed E-state index contributed by atoms with van der Waals surface area (Å²) in [7, 11) is 0. The first-order chi connectivity index (χ1) is 12.3. The van der Waals surface area contributed by atoms with Gasteiger partial charge in [-0.1, -0.05) is 24.6 Å². The van der Waals surface area contributed by atoms with Crippen molar-refractivity contribution in [2.24, 2.45) is 10.9 Å². The van der Waals surface area contributed by atoms with E-state index < -0.39 is 34.0 Å². The second-order valence-corrected chi connectivity index (χ2v) is 6.57. The van der Waals surface area contributed by atoms with Crippen LogP contribution in [0.25, 0.3) is 0 Å². The number of hydrogen-bond donors (Lipinski definition) is 2. The number of hydrogen-bond acceptors (Lipinski definition) is 5. The largest absolute Gasteiger partial charge is 0.383 e. The van der Waals surface area contributed by atoms with E-state index >= 15 is 0 Å². The molecule has 1 aliphatic heterocycles. The van der Waals surface area contributed by atoms with E-state index in [1.165, 1.54) is 30.6 Å². The van der Waals surface area contributed by atoms with Crippen molar-refractivity contribution in [3.63, 3.8) is 0 Å². The maximum Gasteiger partial charge on any atom is 0.172 e. The average Bonchev–Trinajstić information content (AvgIpc) is 3.09. The third-order valence-electron chi connectivity index (χ3n) is 4.46. The molecule has 1 aromatic heterocycles. The monoisotopic (exact) mass is 385 g/mol. The van der Waals surface area contributed by atoms with Crippen molar-refractivity contribution in [1.82, 2.24) is 20.1 Å². The van der Waals surface area contributed by atoms with Gasteiger partial charge in [-0.05, 0) is 6.07 Å². The summed E-state index contributed by atoms with van der Waals surface area (Å²) in [5.74, 6) is -3.79. The maximum atomic E-state index is 14.5. The Morgan fingerprint density at radius 3 is 2.77 bits per heavy atom. The molecule has 6 nitrogen and oxygen atoms in total. The molecule has 3 rings (SSSR count). The number of nitrogens with one attached hydrogen (secondary N) is 1. The average molecular weight is 386 g/mol. The van der Waals surface area contributed by atoms with E-state index in [2.05, 4.69) is 20.4 Å². The molecule has 10 heteroatoms. The number of aromatic nitrogens is 3. The first-order valence-corrected chi connectivity index (χ1v) is 8.00. The van der Waals surface area contributed by atoms with Crippen LogP contribution in [0.3, 0.4) is 0 Å². The highest BCUT2D eigenvalue weighted by atomic mass is 35.5. The van der Waals surface area contributed by atoms with Crippen LogP contribution in [0.5, 0.6) is 0 Å². The van der Waals surface area contributed by atoms with Gasteiger partial charge in [0.05, 0.1) is 19.1 Å². The molecule has 0 spiro atoms. The molecule has 1 aliphatic rings. The number of alkyl halides is 1. The van der Waals surface area contributed by atoms with Crippen LogP contribution in [0.1, 0.15) is 12.5 Å². The predicted molar refractivity (Wildman–Crippen MR) is 88.8 cm³/mol. The molecule has 138 valence electrons. The lowest BCUT2D eigenvalue weighted by atomic mass is 9.76. The fourth-order valence-electron chi connectivity index (χ4n) is 2.91. The minimum Gasteiger partial charge on any atom is -0.383 e. The van der Waals surface area contributed by atoms with Crippen LogP contribution in [0.15, 0.2) is 47.9 Å². The number of rotatable bonds is 5. The van der Waals surface area contributed by atoms with E-state index in [1.54, 1.807) is 0 Å². The van der Waals surface area contributed by atoms with Crippen molar-refractivity contribution >= 4 is 17.9 Å². The summed E-state index contributed by atoms with van der Waals surface area (Å²) in [5, 5.41) is 17.9. The Bertz CT molecular complexity index is 860. The number of benzene rings is 1. The third kappa shape index (κ3) is 3.08. The van der Waals surface area contributed by atoms with Crippen molar-refractivity contribution in [3.05, 3.63) is 60.1 Å². The smallest absolute Gasteiger partial charge is 0.172 e. The summed E-state index contributed by atoms with van der Waals surface area (Å²) in [6.07, 6.45) is 4.61. The van der Waals surface area contributed by atoms with Gasteiger partial charge in [0.2, 0.25) is 0 Å². The lowest BCUT2D eigenvalue weighted by Crippen LogP contribution is -2.56. The zero-order valence-corrected chi connectivity index (χ0v) is 14.3. The van der Waals surface area contributed by atoms with Gasteiger partial charge in [-0.15, -0.1) is 0 Å². The van der Waals surface area contributed by atoms with Crippen molar-refractivity contribution < 1.29 is 18.3 Å². The molecule has 0 saturated carbocycles. The third-order valence-corrected chi connectivity index (χ3v) is 5.08. The summed E-state index contributed by atoms with van der Waals surface area (Å²) in [6.45, 7) is 1.14. The first-order valence-electron chi connectivity index (χ1n) is 7.62. The van der Waals surface area contributed by atoms with E-state index in [1.807, 2.05) is 0 Å². The van der Waals surface area contributed by atoms with E-state index in [0.29, 0.717) is 6.07 Å². The minimum atomic E-state index is -2.06. The van der Waals surface area contributed by atoms with Crippen molar-refractivity contribution in [2.75, 3.05) is 0 Å². The normalized spacial score (nSPS) is 23.1. The van der Waals surface area contributed by atoms with Gasteiger partial charge < -0.3 is 10.4 Å². The first kappa shape index (κ1) is 18.4. The standard InChI is InChI=1S/C16H15ClF3N5O/c1-10(16(17)14(20)5-21-7-23-16)15(26,6-25-9-22-8-24-25)12-3-2-11(18)4-13(12)19/h2-5,7-10,26H,6H2,1H3,(H,21,23). The fraction of sp³-hybridized carbons (Fsp3) is 0.312. The van der Waals surface area contributed by atoms with Gasteiger partial charge in [-0.25, -0.2) is 27.8 Å². The van der Waals surface area contributed by atoms with E-state index in [9.17, 15) is 18.3 Å². The van der Waals surface area contributed by atoms with Gasteiger partial charge in [0.15, 0.2) is 10.8 Å². The summed E-state index contributed by atoms with van der Waals surface area (Å²) in [5.41, 5.74) is -2.31. The van der Waals surface area contributed by atoms with Crippen LogP contribution >= 0.6 is 11.6 Å². The second kappa shape index (κ2) is 6.73. The van der Waals surface area contributed by atoms with Crippen LogP contribution in [-0.4, -0.2) is 31.2 Å². The molecule has 2 heterocycles. The van der Waals surface area contributed by atoms with Crippen LogP contribution in [0.4, 0.5) is 13.2 Å². The summed E-state index contributed by atoms with van der Waals surface area (Å²) in [6, 6.07) is 2.73. The van der Waals surface area contributed by atoms with Gasteiger partial charge in [0.25, 0.3) is 0 Å². The van der Waals surface area contributed by atoms with Gasteiger partial charge in [0.1, 0.15) is 29.9 Å². The summed E-state index contributed by atoms with van der Waals surface area (Å²) < 4.78 is 43.5. The molecule has 3 atom stereocenters. The maximum absolute atomic E-state index is 14.5. The number of halogens is 4. The fourth-order valence-corrected chi connectivity index (χ4v) is 3.19. The molecule has 2 N–H and O–H groups in total. The van der Waals surface area contributed by atoms with Crippen LogP contribution in [0.2, 0.25) is 0 Å². The molecular formula is C16H15ClF3N5O. The minimum absolute atomic E-state index is 0.251. The zero-order chi connectivity index (χ0) is 18.9. The van der Waals surface area contributed by atoms with E-state index in [-0.39, 0.29) is 12.1 Å². The van der Waals surface area contributed by atoms with Crippen LogP contribution < -0.4 is 5.32 Å². The van der Waals surface area contributed by atoms with Crippen molar-refractivity contribution in [1.29, 1.82) is 0 Å². The quantitative estimate of drug-likeness (QED) is 0.612. The molecule has 0 fully saturated rings. The van der Waals surface area contributed by atoms with Crippen LogP contribution in [-0.2, 0) is 12.1 Å². The molecule has 2 aromatic rings. The Balaban J connectivity index is 2.11. The highest BCUT2D eigenvalue weighted by Gasteiger charge is 2.52. The molecule has 0 radical (unpaired) electrons. The lowest BCUT2D eigenvalue weighted by molar-refractivity contribution is -0.0544. The molecule has 0 saturated heterocycles. The molecule has 3 unspecified atom stereocenters. The number of aliphatic imine (C=N–C) groups is 1. The van der Waals surface area contributed by atoms with Crippen molar-refractivity contribution in [2.45, 2.75) is 24.1 Å². The molecule has 0 aliphatic carbocycles. The molecule has 0 amide bonds. The Hall–Kier alpha value is -2.39. The molecule has 26 heavy (non-hydrogen) atoms. The van der Waals surface area contributed by atoms with Crippen molar-refractivity contribution in [3.8, 4) is 0 Å². The SMILES string of the molecule is CC(C1(Cl)NC=NC=C1F)C(O)(Cn1cncn1)c1ccc(F)cc1F. The Labute approximate surface area is 152 Å². The van der Waals surface area contributed by atoms with E-state index in [0.717, 1.165) is 18.3 Å². The highest BCUT2D eigenvalue weighted by Crippen LogP contribution is 2.45. The zero-order valence-electron chi connectivity index (χ0n) is 13.6. The summed E-state index contributed by atoms with van der Waals surface area (Å²) in [4.78, 5) is 5.49. The van der Waals surface area contributed by atoms with Gasteiger partial charge >= 0.3 is 0 Å². The van der Waals surface area contributed by atoms with Crippen LogP contribution in [0, 0.1) is 17.6 Å². The topological polar surface area (TPSA) is 75.3 Å². The lowest BCUT2D eigenvalue weighted by Gasteiger charge is -2.43. The Kier molecular flexibility index (Phi) is 4.76. The Morgan fingerprint density at radius 2 is 2.15 bits per heavy atom. The number of nitrogens with zero attached hydrogens (tertiary/aromatic N) is 4. The van der Waals surface area contributed by atoms with Gasteiger partial charge in [0, 0.05) is 17.5 Å². The van der Waals surface area contributed by atoms with E-state index in [4.69, 9.17) is 11.6 Å². The summed E-state index contributed by atoms with van der Waals surface area (Å²) >= 11 is 6.39. The molecular weight excluding hydrogens is 371 g/mol. The molecule has 0 bridgehead atoms. The van der Waals surface area contributed by atoms with Gasteiger partial charge in [-0.2, -0.15) is 5.10 Å².